The van der Waals surface area contributed by atoms with Crippen molar-refractivity contribution < 1.29 is 4.79 Å². The summed E-state index contributed by atoms with van der Waals surface area (Å²) in [5, 5.41) is 5.75. The third-order valence-electron chi connectivity index (χ3n) is 3.76. The number of amides is 2. The lowest BCUT2D eigenvalue weighted by atomic mass is 10.2. The Kier molecular flexibility index (Phi) is 5.03. The van der Waals surface area contributed by atoms with E-state index in [2.05, 4.69) is 29.7 Å². The molecular weight excluding hydrogens is 304 g/mol. The van der Waals surface area contributed by atoms with Crippen LogP contribution in [-0.4, -0.2) is 6.03 Å². The molecule has 2 amide bonds. The Hall–Kier alpha value is -2.20. The lowest BCUT2D eigenvalue weighted by molar-refractivity contribution is 0.255. The van der Waals surface area contributed by atoms with Crippen LogP contribution in [0, 0.1) is 5.92 Å². The van der Waals surface area contributed by atoms with E-state index in [1.807, 2.05) is 48.7 Å². The zero-order valence-electron chi connectivity index (χ0n) is 13.1. The third kappa shape index (κ3) is 4.63. The number of para-hydroxylation sites is 1. The maximum Gasteiger partial charge on any atom is 0.323 e. The van der Waals surface area contributed by atoms with Crippen LogP contribution >= 0.6 is 11.8 Å². The summed E-state index contributed by atoms with van der Waals surface area (Å²) in [5.41, 5.74) is 2.06. The van der Waals surface area contributed by atoms with Gasteiger partial charge < -0.3 is 10.6 Å². The van der Waals surface area contributed by atoms with Gasteiger partial charge in [-0.05, 0) is 49.9 Å². The Labute approximate surface area is 141 Å². The van der Waals surface area contributed by atoms with Gasteiger partial charge in [0.2, 0.25) is 0 Å². The van der Waals surface area contributed by atoms with Crippen LogP contribution in [0.2, 0.25) is 0 Å². The summed E-state index contributed by atoms with van der Waals surface area (Å²) in [6, 6.07) is 17.8. The van der Waals surface area contributed by atoms with E-state index >= 15 is 0 Å². The predicted molar refractivity (Wildman–Crippen MR) is 95.6 cm³/mol. The number of hydrogen-bond donors (Lipinski definition) is 2. The van der Waals surface area contributed by atoms with Gasteiger partial charge in [-0.15, -0.1) is 0 Å². The summed E-state index contributed by atoms with van der Waals surface area (Å²) in [7, 11) is 0. The van der Waals surface area contributed by atoms with Crippen LogP contribution in [0.1, 0.15) is 19.8 Å². The number of anilines is 1. The maximum atomic E-state index is 12.1. The lowest BCUT2D eigenvalue weighted by Crippen LogP contribution is -2.24. The highest BCUT2D eigenvalue weighted by molar-refractivity contribution is 7.99. The number of allylic oxidation sites excluding steroid dienone is 1. The molecule has 0 radical (unpaired) electrons. The van der Waals surface area contributed by atoms with Crippen molar-refractivity contribution >= 4 is 23.5 Å². The van der Waals surface area contributed by atoms with Crippen molar-refractivity contribution in [2.24, 2.45) is 5.92 Å². The molecule has 1 aliphatic carbocycles. The molecule has 1 aliphatic rings. The molecule has 3 nitrogen and oxygen atoms in total. The van der Waals surface area contributed by atoms with Gasteiger partial charge in [0.05, 0.1) is 5.69 Å². The Balaban J connectivity index is 1.65. The summed E-state index contributed by atoms with van der Waals surface area (Å²) in [4.78, 5) is 14.3. The van der Waals surface area contributed by atoms with Crippen LogP contribution in [0.4, 0.5) is 10.5 Å². The normalized spacial score (nSPS) is 14.4. The Morgan fingerprint density at radius 3 is 2.52 bits per heavy atom. The standard InChI is InChI=1S/C19H20N2OS/c1-14(15-11-12-15)13-20-19(22)21-17-9-5-6-10-18(17)23-16-7-3-2-4-8-16/h2-10,13,15H,11-12H2,1H3,(H2,20,21,22)/b14-13+. The van der Waals surface area contributed by atoms with E-state index in [0.717, 1.165) is 15.5 Å². The van der Waals surface area contributed by atoms with Crippen molar-refractivity contribution in [1.29, 1.82) is 0 Å². The molecule has 0 spiro atoms. The van der Waals surface area contributed by atoms with Crippen LogP contribution < -0.4 is 10.6 Å². The fourth-order valence-electron chi connectivity index (χ4n) is 2.27. The second kappa shape index (κ2) is 7.38. The second-order valence-electron chi connectivity index (χ2n) is 5.67. The predicted octanol–water partition coefficient (Wildman–Crippen LogP) is 5.27. The van der Waals surface area contributed by atoms with Crippen molar-refractivity contribution in [3.8, 4) is 0 Å². The molecule has 0 saturated heterocycles. The zero-order chi connectivity index (χ0) is 16.1. The number of benzene rings is 2. The van der Waals surface area contributed by atoms with Gasteiger partial charge >= 0.3 is 6.03 Å². The van der Waals surface area contributed by atoms with Gasteiger partial charge in [0.15, 0.2) is 0 Å². The molecule has 2 aromatic rings. The van der Waals surface area contributed by atoms with E-state index in [1.165, 1.54) is 18.4 Å². The van der Waals surface area contributed by atoms with Crippen molar-refractivity contribution in [1.82, 2.24) is 5.32 Å². The van der Waals surface area contributed by atoms with Gasteiger partial charge in [0, 0.05) is 16.0 Å². The van der Waals surface area contributed by atoms with Crippen molar-refractivity contribution in [3.05, 3.63) is 66.4 Å². The SMILES string of the molecule is C/C(=C\NC(=O)Nc1ccccc1Sc1ccccc1)C1CC1. The topological polar surface area (TPSA) is 41.1 Å². The van der Waals surface area contributed by atoms with Crippen LogP contribution in [0.3, 0.4) is 0 Å². The molecule has 3 rings (SSSR count). The van der Waals surface area contributed by atoms with Crippen LogP contribution in [0.25, 0.3) is 0 Å². The minimum Gasteiger partial charge on any atom is -0.314 e. The fraction of sp³-hybridized carbons (Fsp3) is 0.211. The Morgan fingerprint density at radius 2 is 1.78 bits per heavy atom. The number of hydrogen-bond acceptors (Lipinski definition) is 2. The summed E-state index contributed by atoms with van der Waals surface area (Å²) < 4.78 is 0. The first-order valence-electron chi connectivity index (χ1n) is 7.78. The molecule has 2 N–H and O–H groups in total. The smallest absolute Gasteiger partial charge is 0.314 e. The van der Waals surface area contributed by atoms with Gasteiger partial charge in [-0.25, -0.2) is 4.79 Å². The first-order chi connectivity index (χ1) is 11.2. The molecular formula is C19H20N2OS. The molecule has 0 unspecified atom stereocenters. The average Bonchev–Trinajstić information content (AvgIpc) is 3.40. The monoisotopic (exact) mass is 324 g/mol. The first-order valence-corrected chi connectivity index (χ1v) is 8.60. The Morgan fingerprint density at radius 1 is 1.09 bits per heavy atom. The second-order valence-corrected chi connectivity index (χ2v) is 6.79. The molecule has 0 atom stereocenters. The fourth-order valence-corrected chi connectivity index (χ4v) is 3.19. The molecule has 0 bridgehead atoms. The van der Waals surface area contributed by atoms with E-state index in [4.69, 9.17) is 0 Å². The average molecular weight is 324 g/mol. The molecule has 2 aromatic carbocycles. The molecule has 0 aromatic heterocycles. The van der Waals surface area contributed by atoms with Crippen LogP contribution in [-0.2, 0) is 0 Å². The first kappa shape index (κ1) is 15.7. The van der Waals surface area contributed by atoms with E-state index in [9.17, 15) is 4.79 Å². The molecule has 1 saturated carbocycles. The van der Waals surface area contributed by atoms with E-state index in [0.29, 0.717) is 5.92 Å². The van der Waals surface area contributed by atoms with Crippen molar-refractivity contribution in [2.45, 2.75) is 29.6 Å². The van der Waals surface area contributed by atoms with Gasteiger partial charge in [-0.3, -0.25) is 0 Å². The molecule has 118 valence electrons. The molecule has 23 heavy (non-hydrogen) atoms. The van der Waals surface area contributed by atoms with Crippen LogP contribution in [0.5, 0.6) is 0 Å². The number of carbonyl (C=O) groups excluding carboxylic acids is 1. The summed E-state index contributed by atoms with van der Waals surface area (Å²) in [6.45, 7) is 2.07. The minimum atomic E-state index is -0.203. The van der Waals surface area contributed by atoms with Crippen molar-refractivity contribution in [3.63, 3.8) is 0 Å². The zero-order valence-corrected chi connectivity index (χ0v) is 13.9. The number of carbonyl (C=O) groups is 1. The number of nitrogens with one attached hydrogen (secondary N) is 2. The van der Waals surface area contributed by atoms with Gasteiger partial charge in [-0.2, -0.15) is 0 Å². The highest BCUT2D eigenvalue weighted by Gasteiger charge is 2.22. The van der Waals surface area contributed by atoms with E-state index in [1.54, 1.807) is 11.8 Å². The van der Waals surface area contributed by atoms with Gasteiger partial charge in [0.25, 0.3) is 0 Å². The highest BCUT2D eigenvalue weighted by Crippen LogP contribution is 2.35. The highest BCUT2D eigenvalue weighted by atomic mass is 32.2. The number of rotatable bonds is 5. The van der Waals surface area contributed by atoms with Crippen LogP contribution in [0.15, 0.2) is 76.2 Å². The number of urea groups is 1. The van der Waals surface area contributed by atoms with E-state index in [-0.39, 0.29) is 6.03 Å². The summed E-state index contributed by atoms with van der Waals surface area (Å²) in [5.74, 6) is 0.663. The maximum absolute atomic E-state index is 12.1. The summed E-state index contributed by atoms with van der Waals surface area (Å²) >= 11 is 1.64. The molecule has 0 heterocycles. The summed E-state index contributed by atoms with van der Waals surface area (Å²) in [6.07, 6.45) is 4.30. The largest absolute Gasteiger partial charge is 0.323 e. The lowest BCUT2D eigenvalue weighted by Gasteiger charge is -2.11. The quantitative estimate of drug-likeness (QED) is 0.786. The minimum absolute atomic E-state index is 0.203. The van der Waals surface area contributed by atoms with E-state index < -0.39 is 0 Å². The molecule has 4 heteroatoms. The molecule has 0 aliphatic heterocycles. The van der Waals surface area contributed by atoms with Gasteiger partial charge in [0.1, 0.15) is 0 Å². The van der Waals surface area contributed by atoms with Crippen molar-refractivity contribution in [2.75, 3.05) is 5.32 Å². The van der Waals surface area contributed by atoms with Gasteiger partial charge in [-0.1, -0.05) is 47.7 Å². The Bertz CT molecular complexity index is 708. The molecule has 1 fully saturated rings. The third-order valence-corrected chi connectivity index (χ3v) is 4.84.